The topological polar surface area (TPSA) is 73.2 Å². The second-order valence-electron chi connectivity index (χ2n) is 5.37. The maximum atomic E-state index is 12.5. The molecule has 26 heavy (non-hydrogen) atoms. The lowest BCUT2D eigenvalue weighted by Crippen LogP contribution is -2.17. The molecule has 2 aromatic heterocycles. The van der Waals surface area contributed by atoms with Crippen molar-refractivity contribution in [2.45, 2.75) is 13.5 Å². The van der Waals surface area contributed by atoms with Crippen LogP contribution in [0.3, 0.4) is 0 Å². The number of halogens is 3. The summed E-state index contributed by atoms with van der Waals surface area (Å²) in [7, 11) is 1.58. The number of hydrogen-bond acceptors (Lipinski definition) is 5. The van der Waals surface area contributed by atoms with Crippen molar-refractivity contribution in [3.8, 4) is 5.75 Å². The van der Waals surface area contributed by atoms with Gasteiger partial charge >= 0.3 is 6.61 Å². The van der Waals surface area contributed by atoms with Crippen LogP contribution in [-0.2, 0) is 7.05 Å². The van der Waals surface area contributed by atoms with E-state index in [0.717, 1.165) is 11.3 Å². The van der Waals surface area contributed by atoms with Crippen LogP contribution in [0, 0.1) is 6.92 Å². The molecule has 0 unspecified atom stereocenters. The Labute approximate surface area is 155 Å². The Morgan fingerprint density at radius 1 is 1.42 bits per heavy atom. The molecule has 0 spiro atoms. The number of nitrogens with zero attached hydrogens (tertiary/aromatic N) is 2. The highest BCUT2D eigenvalue weighted by Crippen LogP contribution is 2.31. The van der Waals surface area contributed by atoms with E-state index in [-0.39, 0.29) is 16.3 Å². The number of rotatable bonds is 4. The van der Waals surface area contributed by atoms with Gasteiger partial charge in [-0.15, -0.1) is 11.3 Å². The van der Waals surface area contributed by atoms with Gasteiger partial charge in [0.15, 0.2) is 0 Å². The van der Waals surface area contributed by atoms with Crippen molar-refractivity contribution in [3.05, 3.63) is 50.3 Å². The van der Waals surface area contributed by atoms with E-state index < -0.39 is 12.5 Å². The number of carbonyl (C=O) groups excluding carboxylic acids is 1. The lowest BCUT2D eigenvalue weighted by Gasteiger charge is -2.09. The van der Waals surface area contributed by atoms with Crippen LogP contribution < -0.4 is 15.6 Å². The predicted molar refractivity (Wildman–Crippen MR) is 95.6 cm³/mol. The number of aromatic nitrogens is 2. The Kier molecular flexibility index (Phi) is 4.92. The number of hydrogen-bond donors (Lipinski definition) is 1. The van der Waals surface area contributed by atoms with Gasteiger partial charge in [0.25, 0.3) is 11.5 Å². The molecule has 0 saturated carbocycles. The second-order valence-corrected chi connectivity index (χ2v) is 6.78. The van der Waals surface area contributed by atoms with Gasteiger partial charge in [0.2, 0.25) is 0 Å². The van der Waals surface area contributed by atoms with Gasteiger partial charge in [0, 0.05) is 12.7 Å². The maximum absolute atomic E-state index is 12.5. The van der Waals surface area contributed by atoms with Crippen LogP contribution in [0.25, 0.3) is 10.2 Å². The van der Waals surface area contributed by atoms with Crippen LogP contribution in [0.5, 0.6) is 5.75 Å². The highest BCUT2D eigenvalue weighted by atomic mass is 35.5. The Morgan fingerprint density at radius 2 is 2.15 bits per heavy atom. The highest BCUT2D eigenvalue weighted by Gasteiger charge is 2.19. The van der Waals surface area contributed by atoms with Crippen LogP contribution in [0.4, 0.5) is 14.5 Å². The fourth-order valence-electron chi connectivity index (χ4n) is 2.38. The van der Waals surface area contributed by atoms with Crippen molar-refractivity contribution >= 4 is 44.7 Å². The van der Waals surface area contributed by atoms with Crippen LogP contribution in [0.2, 0.25) is 5.02 Å². The molecule has 0 aliphatic heterocycles. The lowest BCUT2D eigenvalue weighted by molar-refractivity contribution is -0.0497. The van der Waals surface area contributed by atoms with Gasteiger partial charge in [-0.2, -0.15) is 8.78 Å². The SMILES string of the molecule is Cc1c(C(=O)Nc2ccc(OC(F)F)c(Cl)c2)sc2ncn(C)c(=O)c12. The summed E-state index contributed by atoms with van der Waals surface area (Å²) in [6.45, 7) is -1.33. The van der Waals surface area contributed by atoms with Gasteiger partial charge in [0.05, 0.1) is 21.6 Å². The van der Waals surface area contributed by atoms with E-state index in [9.17, 15) is 18.4 Å². The van der Waals surface area contributed by atoms with E-state index in [1.165, 1.54) is 29.1 Å². The smallest absolute Gasteiger partial charge is 0.387 e. The third-order valence-corrected chi connectivity index (χ3v) is 5.12. The highest BCUT2D eigenvalue weighted by molar-refractivity contribution is 7.20. The molecule has 0 saturated heterocycles. The van der Waals surface area contributed by atoms with Crippen LogP contribution >= 0.6 is 22.9 Å². The molecule has 1 amide bonds. The molecule has 10 heteroatoms. The first kappa shape index (κ1) is 18.3. The van der Waals surface area contributed by atoms with Crippen LogP contribution in [0.15, 0.2) is 29.3 Å². The third-order valence-electron chi connectivity index (χ3n) is 3.62. The van der Waals surface area contributed by atoms with E-state index in [1.54, 1.807) is 14.0 Å². The molecule has 2 heterocycles. The summed E-state index contributed by atoms with van der Waals surface area (Å²) in [5, 5.41) is 2.95. The van der Waals surface area contributed by atoms with Crippen molar-refractivity contribution in [2.24, 2.45) is 7.05 Å². The van der Waals surface area contributed by atoms with Gasteiger partial charge in [-0.25, -0.2) is 4.98 Å². The predicted octanol–water partition coefficient (Wildman–Crippen LogP) is 3.81. The lowest BCUT2D eigenvalue weighted by atomic mass is 10.2. The first-order valence-electron chi connectivity index (χ1n) is 7.28. The average Bonchev–Trinajstić information content (AvgIpc) is 2.91. The fraction of sp³-hybridized carbons (Fsp3) is 0.188. The number of anilines is 1. The van der Waals surface area contributed by atoms with Gasteiger partial charge < -0.3 is 14.6 Å². The number of carbonyl (C=O) groups is 1. The van der Waals surface area contributed by atoms with E-state index in [1.807, 2.05) is 0 Å². The first-order valence-corrected chi connectivity index (χ1v) is 8.48. The summed E-state index contributed by atoms with van der Waals surface area (Å²) in [4.78, 5) is 29.7. The zero-order valence-corrected chi connectivity index (χ0v) is 15.1. The largest absolute Gasteiger partial charge is 0.433 e. The van der Waals surface area contributed by atoms with Gasteiger partial charge in [-0.05, 0) is 30.7 Å². The van der Waals surface area contributed by atoms with Crippen molar-refractivity contribution in [1.29, 1.82) is 0 Å². The Bertz CT molecular complexity index is 1060. The number of alkyl halides is 2. The number of fused-ring (bicyclic) bond motifs is 1. The summed E-state index contributed by atoms with van der Waals surface area (Å²) >= 11 is 6.97. The molecule has 0 atom stereocenters. The first-order chi connectivity index (χ1) is 12.3. The Balaban J connectivity index is 1.90. The van der Waals surface area contributed by atoms with Gasteiger partial charge in [-0.1, -0.05) is 11.6 Å². The number of aryl methyl sites for hydroxylation is 2. The molecule has 0 aliphatic rings. The molecule has 0 fully saturated rings. The number of ether oxygens (including phenoxy) is 1. The van der Waals surface area contributed by atoms with Crippen LogP contribution in [-0.4, -0.2) is 22.1 Å². The summed E-state index contributed by atoms with van der Waals surface area (Å²) in [6, 6.07) is 3.93. The van der Waals surface area contributed by atoms with E-state index in [4.69, 9.17) is 11.6 Å². The molecule has 6 nitrogen and oxygen atoms in total. The second kappa shape index (κ2) is 7.00. The van der Waals surface area contributed by atoms with Gasteiger partial charge in [0.1, 0.15) is 10.6 Å². The summed E-state index contributed by atoms with van der Waals surface area (Å²) in [5.74, 6) is -0.642. The minimum Gasteiger partial charge on any atom is -0.433 e. The summed E-state index contributed by atoms with van der Waals surface area (Å²) in [6.07, 6.45) is 1.39. The van der Waals surface area contributed by atoms with E-state index >= 15 is 0 Å². The molecule has 3 rings (SSSR count). The molecule has 0 aliphatic carbocycles. The van der Waals surface area contributed by atoms with Crippen LogP contribution in [0.1, 0.15) is 15.2 Å². The van der Waals surface area contributed by atoms with Crippen molar-refractivity contribution in [2.75, 3.05) is 5.32 Å². The molecular weight excluding hydrogens is 388 g/mol. The quantitative estimate of drug-likeness (QED) is 0.724. The van der Waals surface area contributed by atoms with E-state index in [0.29, 0.717) is 26.3 Å². The molecule has 0 bridgehead atoms. The number of benzene rings is 1. The number of nitrogens with one attached hydrogen (secondary N) is 1. The Hall–Kier alpha value is -2.52. The molecule has 0 radical (unpaired) electrons. The zero-order valence-electron chi connectivity index (χ0n) is 13.5. The molecule has 1 aromatic carbocycles. The molecule has 136 valence electrons. The summed E-state index contributed by atoms with van der Waals surface area (Å²) < 4.78 is 30.1. The number of amides is 1. The van der Waals surface area contributed by atoms with Crippen molar-refractivity contribution in [1.82, 2.24) is 9.55 Å². The van der Waals surface area contributed by atoms with Gasteiger partial charge in [-0.3, -0.25) is 9.59 Å². The molecule has 3 aromatic rings. The maximum Gasteiger partial charge on any atom is 0.387 e. The third kappa shape index (κ3) is 3.40. The molecule has 1 N–H and O–H groups in total. The summed E-state index contributed by atoms with van der Waals surface area (Å²) in [5.41, 5.74) is 0.596. The minimum atomic E-state index is -3.00. The normalized spacial score (nSPS) is 11.2. The van der Waals surface area contributed by atoms with Crippen molar-refractivity contribution in [3.63, 3.8) is 0 Å². The Morgan fingerprint density at radius 3 is 2.81 bits per heavy atom. The van der Waals surface area contributed by atoms with Crippen molar-refractivity contribution < 1.29 is 18.3 Å². The number of thiophene rings is 1. The molecular formula is C16H12ClF2N3O3S. The minimum absolute atomic E-state index is 0.0632. The zero-order chi connectivity index (χ0) is 19.0. The monoisotopic (exact) mass is 399 g/mol. The van der Waals surface area contributed by atoms with E-state index in [2.05, 4.69) is 15.0 Å². The fourth-order valence-corrected chi connectivity index (χ4v) is 3.64. The average molecular weight is 400 g/mol. The standard InChI is InChI=1S/C16H12ClF2N3O3S/c1-7-11-14(20-6-22(2)15(11)24)26-12(7)13(23)21-8-3-4-10(9(17)5-8)25-16(18)19/h3-6,16H,1-2H3,(H,21,23).